The zero-order valence-corrected chi connectivity index (χ0v) is 13.6. The van der Waals surface area contributed by atoms with Crippen molar-refractivity contribution in [1.29, 1.82) is 0 Å². The minimum atomic E-state index is -0.972. The van der Waals surface area contributed by atoms with E-state index in [1.807, 2.05) is 0 Å². The number of carbonyl (C=O) groups is 1. The molecule has 7 nitrogen and oxygen atoms in total. The largest absolute Gasteiger partial charge is 0.478 e. The van der Waals surface area contributed by atoms with Crippen molar-refractivity contribution in [3.63, 3.8) is 0 Å². The number of aliphatic imine (C=N–C) groups is 1. The van der Waals surface area contributed by atoms with E-state index >= 15 is 0 Å². The van der Waals surface area contributed by atoms with E-state index in [9.17, 15) is 4.79 Å². The average Bonchev–Trinajstić information content (AvgIpc) is 2.97. The molecule has 114 valence electrons. The molecule has 1 aromatic rings. The van der Waals surface area contributed by atoms with E-state index < -0.39 is 5.97 Å². The summed E-state index contributed by atoms with van der Waals surface area (Å²) in [6.07, 6.45) is 0.368. The molecule has 4 N–H and O–H groups in total. The van der Waals surface area contributed by atoms with Crippen LogP contribution in [0.4, 0.5) is 0 Å². The molecule has 0 unspecified atom stereocenters. The highest BCUT2D eigenvalue weighted by molar-refractivity contribution is 14.0. The number of benzene rings is 1. The fourth-order valence-electron chi connectivity index (χ4n) is 1.77. The van der Waals surface area contributed by atoms with Gasteiger partial charge in [0, 0.05) is 19.6 Å². The molecular weight excluding hydrogens is 387 g/mol. The van der Waals surface area contributed by atoms with E-state index in [4.69, 9.17) is 10.2 Å². The molecule has 1 aliphatic rings. The number of hydrazone groups is 1. The van der Waals surface area contributed by atoms with Gasteiger partial charge in [0.05, 0.1) is 17.8 Å². The number of carboxylic acid groups (broad SMARTS) is 1. The molecule has 1 heterocycles. The summed E-state index contributed by atoms with van der Waals surface area (Å²) in [5.41, 5.74) is 4.42. The van der Waals surface area contributed by atoms with Crippen molar-refractivity contribution in [2.45, 2.75) is 6.42 Å². The maximum atomic E-state index is 10.8. The predicted molar refractivity (Wildman–Crippen MR) is 90.5 cm³/mol. The summed E-state index contributed by atoms with van der Waals surface area (Å²) in [6, 6.07) is 6.36. The highest BCUT2D eigenvalue weighted by atomic mass is 127. The number of nitrogens with one attached hydrogen (secondary N) is 2. The highest BCUT2D eigenvalue weighted by Gasteiger charge is 2.08. The van der Waals surface area contributed by atoms with Gasteiger partial charge in [-0.05, 0) is 17.7 Å². The summed E-state index contributed by atoms with van der Waals surface area (Å²) < 4.78 is 0. The van der Waals surface area contributed by atoms with Gasteiger partial charge in [-0.3, -0.25) is 0 Å². The molecule has 2 rings (SSSR count). The van der Waals surface area contributed by atoms with Gasteiger partial charge in [0.25, 0.3) is 0 Å². The van der Waals surface area contributed by atoms with E-state index in [2.05, 4.69) is 20.8 Å². The predicted octanol–water partition coefficient (Wildman–Crippen LogP) is 0.638. The second-order valence-corrected chi connectivity index (χ2v) is 4.18. The maximum Gasteiger partial charge on any atom is 0.335 e. The summed E-state index contributed by atoms with van der Waals surface area (Å²) in [6.45, 7) is 1.45. The van der Waals surface area contributed by atoms with Crippen molar-refractivity contribution in [3.05, 3.63) is 35.4 Å². The van der Waals surface area contributed by atoms with Gasteiger partial charge in [0.2, 0.25) is 5.96 Å². The summed E-state index contributed by atoms with van der Waals surface area (Å²) in [7, 11) is 0. The van der Waals surface area contributed by atoms with Crippen molar-refractivity contribution in [3.8, 4) is 0 Å². The van der Waals surface area contributed by atoms with Gasteiger partial charge in [-0.2, -0.15) is 5.10 Å². The number of hydrogen-bond donors (Lipinski definition) is 4. The van der Waals surface area contributed by atoms with Crippen molar-refractivity contribution in [2.24, 2.45) is 10.1 Å². The van der Waals surface area contributed by atoms with Crippen LogP contribution >= 0.6 is 24.0 Å². The second-order valence-electron chi connectivity index (χ2n) is 4.18. The van der Waals surface area contributed by atoms with Crippen molar-refractivity contribution in [2.75, 3.05) is 19.7 Å². The topological polar surface area (TPSA) is 106 Å². The Bertz CT molecular complexity index is 543. The zero-order valence-electron chi connectivity index (χ0n) is 11.2. The molecule has 0 fully saturated rings. The van der Waals surface area contributed by atoms with Crippen LogP contribution in [0.3, 0.4) is 0 Å². The lowest BCUT2D eigenvalue weighted by atomic mass is 10.1. The molecule has 0 aromatic heterocycles. The van der Waals surface area contributed by atoms with Gasteiger partial charge in [-0.25, -0.2) is 15.2 Å². The molecule has 0 spiro atoms. The summed E-state index contributed by atoms with van der Waals surface area (Å²) in [4.78, 5) is 14.9. The first kappa shape index (κ1) is 17.4. The van der Waals surface area contributed by atoms with Crippen molar-refractivity contribution < 1.29 is 15.0 Å². The highest BCUT2D eigenvalue weighted by Crippen LogP contribution is 2.08. The van der Waals surface area contributed by atoms with Gasteiger partial charge in [0.15, 0.2) is 0 Å². The number of guanidine groups is 1. The summed E-state index contributed by atoms with van der Waals surface area (Å²) in [5, 5.41) is 25.2. The molecular formula is C13H17IN4O3. The number of aliphatic hydroxyl groups is 1. The van der Waals surface area contributed by atoms with E-state index in [0.717, 1.165) is 12.1 Å². The van der Waals surface area contributed by atoms with Crippen molar-refractivity contribution in [1.82, 2.24) is 10.7 Å². The Hall–Kier alpha value is -1.68. The number of hydrogen-bond acceptors (Lipinski definition) is 6. The Balaban J connectivity index is 0.00000220. The van der Waals surface area contributed by atoms with E-state index in [-0.39, 0.29) is 36.1 Å². The fraction of sp³-hybridized carbons (Fsp3) is 0.308. The molecule has 21 heavy (non-hydrogen) atoms. The Morgan fingerprint density at radius 2 is 2.00 bits per heavy atom. The Labute approximate surface area is 139 Å². The minimum absolute atomic E-state index is 0. The van der Waals surface area contributed by atoms with Crippen LogP contribution in [-0.2, 0) is 0 Å². The second kappa shape index (κ2) is 8.57. The van der Waals surface area contributed by atoms with Crippen LogP contribution in [0.2, 0.25) is 0 Å². The zero-order chi connectivity index (χ0) is 14.4. The maximum absolute atomic E-state index is 10.8. The molecule has 0 saturated carbocycles. The quantitative estimate of drug-likeness (QED) is 0.328. The number of nitrogens with zero attached hydrogens (tertiary/aromatic N) is 2. The summed E-state index contributed by atoms with van der Waals surface area (Å²) in [5.74, 6) is -0.373. The van der Waals surface area contributed by atoms with E-state index in [1.165, 1.54) is 12.1 Å². The number of halogens is 1. The van der Waals surface area contributed by atoms with Crippen LogP contribution in [0.1, 0.15) is 22.3 Å². The van der Waals surface area contributed by atoms with Gasteiger partial charge in [-0.15, -0.1) is 24.0 Å². The molecule has 0 saturated heterocycles. The Morgan fingerprint density at radius 3 is 2.52 bits per heavy atom. The van der Waals surface area contributed by atoms with Crippen molar-refractivity contribution >= 4 is 41.6 Å². The number of aromatic carboxylic acids is 1. The van der Waals surface area contributed by atoms with E-state index in [0.29, 0.717) is 24.6 Å². The van der Waals surface area contributed by atoms with Crippen LogP contribution in [0.25, 0.3) is 0 Å². The normalized spacial score (nSPS) is 14.0. The van der Waals surface area contributed by atoms with Gasteiger partial charge < -0.3 is 15.5 Å². The van der Waals surface area contributed by atoms with Crippen LogP contribution < -0.4 is 10.7 Å². The minimum Gasteiger partial charge on any atom is -0.478 e. The molecule has 1 aliphatic heterocycles. The van der Waals surface area contributed by atoms with Crippen LogP contribution in [0.15, 0.2) is 34.4 Å². The molecule has 0 radical (unpaired) electrons. The Morgan fingerprint density at radius 1 is 1.33 bits per heavy atom. The third-order valence-corrected chi connectivity index (χ3v) is 2.78. The lowest BCUT2D eigenvalue weighted by molar-refractivity contribution is 0.0697. The molecule has 0 bridgehead atoms. The van der Waals surface area contributed by atoms with E-state index in [1.54, 1.807) is 12.1 Å². The number of aliphatic hydroxyl groups excluding tert-OH is 1. The number of carboxylic acids is 1. The van der Waals surface area contributed by atoms with Crippen LogP contribution in [0.5, 0.6) is 0 Å². The molecule has 0 aliphatic carbocycles. The first-order valence-electron chi connectivity index (χ1n) is 6.26. The van der Waals surface area contributed by atoms with Crippen LogP contribution in [0, 0.1) is 0 Å². The SMILES string of the molecule is I.O=C(O)c1ccc(C(CCO)=NNC2=NCCN2)cc1. The summed E-state index contributed by atoms with van der Waals surface area (Å²) >= 11 is 0. The Kier molecular flexibility index (Phi) is 7.09. The molecule has 0 atom stereocenters. The van der Waals surface area contributed by atoms with Gasteiger partial charge >= 0.3 is 5.97 Å². The molecule has 1 aromatic carbocycles. The first-order valence-corrected chi connectivity index (χ1v) is 6.26. The third-order valence-electron chi connectivity index (χ3n) is 2.78. The van der Waals surface area contributed by atoms with Crippen LogP contribution in [-0.4, -0.2) is 47.5 Å². The van der Waals surface area contributed by atoms with Gasteiger partial charge in [0.1, 0.15) is 0 Å². The average molecular weight is 404 g/mol. The number of rotatable bonds is 5. The van der Waals surface area contributed by atoms with Gasteiger partial charge in [-0.1, -0.05) is 12.1 Å². The standard InChI is InChI=1S/C13H16N4O3.HI/c18-8-5-11(16-17-13-14-6-7-15-13)9-1-3-10(4-2-9)12(19)20;/h1-4,18H,5-8H2,(H,19,20)(H2,14,15,17);1H. The smallest absolute Gasteiger partial charge is 0.335 e. The molecule has 8 heteroatoms. The lowest BCUT2D eigenvalue weighted by Crippen LogP contribution is -2.31. The monoisotopic (exact) mass is 404 g/mol. The fourth-order valence-corrected chi connectivity index (χ4v) is 1.77. The lowest BCUT2D eigenvalue weighted by Gasteiger charge is -2.07. The molecule has 0 amide bonds. The third kappa shape index (κ3) is 4.97. The first-order chi connectivity index (χ1) is 9.70.